The molecule has 0 bridgehead atoms. The zero-order chi connectivity index (χ0) is 10.4. The second-order valence-electron chi connectivity index (χ2n) is 2.08. The molecular weight excluding hydrogens is 174 g/mol. The predicted molar refractivity (Wildman–Crippen MR) is 50.5 cm³/mol. The van der Waals surface area contributed by atoms with Crippen LogP contribution in [-0.4, -0.2) is 56.4 Å². The van der Waals surface area contributed by atoms with E-state index >= 15 is 0 Å². The summed E-state index contributed by atoms with van der Waals surface area (Å²) in [6.07, 6.45) is 0. The highest BCUT2D eigenvalue weighted by atomic mass is 16.5. The zero-order valence-electron chi connectivity index (χ0n) is 8.24. The van der Waals surface area contributed by atoms with Crippen LogP contribution in [0.3, 0.4) is 0 Å². The maximum Gasteiger partial charge on any atom is 0.0701 e. The van der Waals surface area contributed by atoms with E-state index in [1.165, 1.54) is 0 Å². The number of ether oxygens (including phenoxy) is 2. The van der Waals surface area contributed by atoms with Crippen LogP contribution in [0.15, 0.2) is 0 Å². The molecule has 0 aromatic rings. The molecule has 4 N–H and O–H groups in total. The zero-order valence-corrected chi connectivity index (χ0v) is 8.24. The average molecular weight is 195 g/mol. The Bertz CT molecular complexity index is 65.2. The molecule has 0 rings (SSSR count). The van der Waals surface area contributed by atoms with Crippen molar-refractivity contribution in [3.05, 3.63) is 0 Å². The Hall–Kier alpha value is -0.200. The van der Waals surface area contributed by atoms with Gasteiger partial charge in [0.2, 0.25) is 0 Å². The van der Waals surface area contributed by atoms with Crippen LogP contribution in [0.5, 0.6) is 0 Å². The second kappa shape index (κ2) is 17.8. The minimum Gasteiger partial charge on any atom is -0.394 e. The Morgan fingerprint density at radius 3 is 1.46 bits per heavy atom. The summed E-state index contributed by atoms with van der Waals surface area (Å²) < 4.78 is 9.75. The molecule has 0 saturated heterocycles. The summed E-state index contributed by atoms with van der Waals surface area (Å²) in [7, 11) is 0. The van der Waals surface area contributed by atoms with E-state index in [1.807, 2.05) is 6.92 Å². The van der Waals surface area contributed by atoms with Gasteiger partial charge >= 0.3 is 0 Å². The van der Waals surface area contributed by atoms with Gasteiger partial charge in [-0.3, -0.25) is 0 Å². The van der Waals surface area contributed by atoms with Gasteiger partial charge in [-0.25, -0.2) is 0 Å². The molecule has 5 nitrogen and oxygen atoms in total. The van der Waals surface area contributed by atoms with Crippen molar-refractivity contribution < 1.29 is 19.7 Å². The normalized spacial score (nSPS) is 9.23. The SMILES string of the molecule is CCN.OCCOCCOCCO. The number of rotatable bonds is 7. The highest BCUT2D eigenvalue weighted by molar-refractivity contribution is 4.30. The van der Waals surface area contributed by atoms with Crippen molar-refractivity contribution in [2.24, 2.45) is 5.73 Å². The molecule has 5 heteroatoms. The van der Waals surface area contributed by atoms with E-state index in [1.54, 1.807) is 0 Å². The molecule has 0 radical (unpaired) electrons. The van der Waals surface area contributed by atoms with Crippen molar-refractivity contribution >= 4 is 0 Å². The van der Waals surface area contributed by atoms with Gasteiger partial charge in [0.25, 0.3) is 0 Å². The third-order valence-corrected chi connectivity index (χ3v) is 0.843. The van der Waals surface area contributed by atoms with Gasteiger partial charge in [0.05, 0.1) is 39.6 Å². The number of hydrogen-bond acceptors (Lipinski definition) is 5. The summed E-state index contributed by atoms with van der Waals surface area (Å²) in [5, 5.41) is 16.5. The molecule has 0 heterocycles. The lowest BCUT2D eigenvalue weighted by molar-refractivity contribution is 0.0222. The van der Waals surface area contributed by atoms with Gasteiger partial charge in [-0.05, 0) is 6.54 Å². The lowest BCUT2D eigenvalue weighted by Gasteiger charge is -2.01. The monoisotopic (exact) mass is 195 g/mol. The number of nitrogens with two attached hydrogens (primary N) is 1. The van der Waals surface area contributed by atoms with E-state index in [2.05, 4.69) is 0 Å². The third-order valence-electron chi connectivity index (χ3n) is 0.843. The molecule has 0 aromatic carbocycles. The van der Waals surface area contributed by atoms with E-state index in [9.17, 15) is 0 Å². The van der Waals surface area contributed by atoms with Crippen LogP contribution < -0.4 is 5.73 Å². The van der Waals surface area contributed by atoms with Gasteiger partial charge < -0.3 is 25.4 Å². The Morgan fingerprint density at radius 2 is 1.23 bits per heavy atom. The standard InChI is InChI=1S/C6H14O4.C2H7N/c7-1-3-9-5-6-10-4-2-8;1-2-3/h7-8H,1-6H2;2-3H2,1H3. The summed E-state index contributed by atoms with van der Waals surface area (Å²) in [6, 6.07) is 0. The van der Waals surface area contributed by atoms with Crippen LogP contribution in [-0.2, 0) is 9.47 Å². The Kier molecular flexibility index (Phi) is 20.9. The fourth-order valence-corrected chi connectivity index (χ4v) is 0.451. The fourth-order valence-electron chi connectivity index (χ4n) is 0.451. The summed E-state index contributed by atoms with van der Waals surface area (Å²) >= 11 is 0. The minimum absolute atomic E-state index is 0.0417. The van der Waals surface area contributed by atoms with Crippen LogP contribution in [0.2, 0.25) is 0 Å². The predicted octanol–water partition coefficient (Wildman–Crippen LogP) is -1.03. The first-order valence-electron chi connectivity index (χ1n) is 4.40. The molecule has 82 valence electrons. The maximum atomic E-state index is 8.26. The van der Waals surface area contributed by atoms with E-state index in [4.69, 9.17) is 25.4 Å². The quantitative estimate of drug-likeness (QED) is 0.452. The number of aliphatic hydroxyl groups excluding tert-OH is 2. The average Bonchev–Trinajstić information content (AvgIpc) is 2.13. The van der Waals surface area contributed by atoms with Crippen molar-refractivity contribution in [1.29, 1.82) is 0 Å². The fraction of sp³-hybridized carbons (Fsp3) is 1.00. The molecule has 0 aliphatic carbocycles. The lowest BCUT2D eigenvalue weighted by atomic mass is 10.7. The molecule has 13 heavy (non-hydrogen) atoms. The molecule has 0 saturated carbocycles. The Balaban J connectivity index is 0. The summed E-state index contributed by atoms with van der Waals surface area (Å²) in [6.45, 7) is 4.38. The van der Waals surface area contributed by atoms with Crippen LogP contribution in [0.1, 0.15) is 6.92 Å². The van der Waals surface area contributed by atoms with Gasteiger partial charge in [0.15, 0.2) is 0 Å². The van der Waals surface area contributed by atoms with Crippen molar-refractivity contribution in [1.82, 2.24) is 0 Å². The topological polar surface area (TPSA) is 84.9 Å². The van der Waals surface area contributed by atoms with Crippen molar-refractivity contribution in [2.45, 2.75) is 6.92 Å². The first-order valence-corrected chi connectivity index (χ1v) is 4.40. The van der Waals surface area contributed by atoms with E-state index < -0.39 is 0 Å². The van der Waals surface area contributed by atoms with Crippen LogP contribution in [0.4, 0.5) is 0 Å². The van der Waals surface area contributed by atoms with Gasteiger partial charge in [-0.2, -0.15) is 0 Å². The highest BCUT2D eigenvalue weighted by Gasteiger charge is 1.86. The molecule has 0 spiro atoms. The number of hydrogen-bond donors (Lipinski definition) is 3. The second-order valence-corrected chi connectivity index (χ2v) is 2.08. The molecule has 0 aromatic heterocycles. The van der Waals surface area contributed by atoms with Gasteiger partial charge in [0, 0.05) is 0 Å². The summed E-state index contributed by atoms with van der Waals surface area (Å²) in [4.78, 5) is 0. The molecule has 0 aliphatic heterocycles. The molecule has 0 fully saturated rings. The molecule has 0 unspecified atom stereocenters. The molecular formula is C8H21NO4. The smallest absolute Gasteiger partial charge is 0.0701 e. The Morgan fingerprint density at radius 1 is 0.923 bits per heavy atom. The molecule has 0 aliphatic rings. The van der Waals surface area contributed by atoms with Crippen LogP contribution in [0, 0.1) is 0 Å². The van der Waals surface area contributed by atoms with Crippen LogP contribution in [0.25, 0.3) is 0 Å². The first-order chi connectivity index (χ1) is 6.33. The van der Waals surface area contributed by atoms with Gasteiger partial charge in [-0.1, -0.05) is 6.92 Å². The third kappa shape index (κ3) is 24.5. The van der Waals surface area contributed by atoms with Gasteiger partial charge in [0.1, 0.15) is 0 Å². The van der Waals surface area contributed by atoms with E-state index in [0.717, 1.165) is 6.54 Å². The maximum absolute atomic E-state index is 8.26. The highest BCUT2D eigenvalue weighted by Crippen LogP contribution is 1.76. The molecule has 0 amide bonds. The minimum atomic E-state index is 0.0417. The van der Waals surface area contributed by atoms with E-state index in [0.29, 0.717) is 26.4 Å². The lowest BCUT2D eigenvalue weighted by Crippen LogP contribution is -2.09. The largest absolute Gasteiger partial charge is 0.394 e. The van der Waals surface area contributed by atoms with Crippen molar-refractivity contribution in [3.8, 4) is 0 Å². The Labute approximate surface area is 79.5 Å². The summed E-state index contributed by atoms with van der Waals surface area (Å²) in [5.74, 6) is 0. The van der Waals surface area contributed by atoms with E-state index in [-0.39, 0.29) is 13.2 Å². The molecule has 0 atom stereocenters. The summed E-state index contributed by atoms with van der Waals surface area (Å²) in [5.41, 5.74) is 4.85. The first kappa shape index (κ1) is 15.3. The van der Waals surface area contributed by atoms with Gasteiger partial charge in [-0.15, -0.1) is 0 Å². The van der Waals surface area contributed by atoms with Crippen molar-refractivity contribution in [3.63, 3.8) is 0 Å². The van der Waals surface area contributed by atoms with Crippen molar-refractivity contribution in [2.75, 3.05) is 46.2 Å². The van der Waals surface area contributed by atoms with Crippen LogP contribution >= 0.6 is 0 Å². The number of aliphatic hydroxyl groups is 2.